The molecule has 0 aromatic heterocycles. The van der Waals surface area contributed by atoms with E-state index in [0.717, 1.165) is 36.9 Å². The first-order chi connectivity index (χ1) is 9.61. The van der Waals surface area contributed by atoms with Crippen molar-refractivity contribution >= 4 is 17.6 Å². The Morgan fingerprint density at radius 1 is 1.10 bits per heavy atom. The van der Waals surface area contributed by atoms with Crippen molar-refractivity contribution in [2.24, 2.45) is 4.99 Å². The molecule has 1 saturated carbocycles. The largest absolute Gasteiger partial charge is 0.405 e. The lowest BCUT2D eigenvalue weighted by atomic mass is 9.83. The first-order valence-corrected chi connectivity index (χ1v) is 7.21. The van der Waals surface area contributed by atoms with Crippen molar-refractivity contribution < 1.29 is 9.53 Å². The quantitative estimate of drug-likeness (QED) is 0.777. The van der Waals surface area contributed by atoms with E-state index in [9.17, 15) is 4.79 Å². The van der Waals surface area contributed by atoms with Crippen LogP contribution in [-0.4, -0.2) is 31.5 Å². The fraction of sp³-hybridized carbons (Fsp3) is 0.500. The number of anilines is 1. The van der Waals surface area contributed by atoms with Gasteiger partial charge in [-0.05, 0) is 37.1 Å². The van der Waals surface area contributed by atoms with Gasteiger partial charge in [0.15, 0.2) is 5.54 Å². The molecular formula is C16H20N2O2. The molecule has 0 bridgehead atoms. The Bertz CT molecular complexity index is 540. The number of benzene rings is 1. The predicted octanol–water partition coefficient (Wildman–Crippen LogP) is 2.76. The molecule has 1 aliphatic heterocycles. The van der Waals surface area contributed by atoms with Gasteiger partial charge in [0.25, 0.3) is 0 Å². The van der Waals surface area contributed by atoms with Gasteiger partial charge in [-0.25, -0.2) is 9.79 Å². The highest BCUT2D eigenvalue weighted by molar-refractivity contribution is 6.08. The van der Waals surface area contributed by atoms with Gasteiger partial charge in [-0.15, -0.1) is 0 Å². The van der Waals surface area contributed by atoms with Crippen molar-refractivity contribution in [2.75, 3.05) is 19.0 Å². The molecule has 4 heteroatoms. The van der Waals surface area contributed by atoms with E-state index < -0.39 is 5.54 Å². The Morgan fingerprint density at radius 2 is 1.75 bits per heavy atom. The molecule has 0 unspecified atom stereocenters. The molecule has 4 nitrogen and oxygen atoms in total. The molecule has 1 fully saturated rings. The predicted molar refractivity (Wildman–Crippen MR) is 79.2 cm³/mol. The molecule has 2 aliphatic rings. The molecule has 1 aliphatic carbocycles. The van der Waals surface area contributed by atoms with Gasteiger partial charge in [0.2, 0.25) is 5.90 Å². The van der Waals surface area contributed by atoms with Crippen LogP contribution in [0.1, 0.15) is 37.7 Å². The van der Waals surface area contributed by atoms with E-state index >= 15 is 0 Å². The Kier molecular flexibility index (Phi) is 3.24. The third-order valence-electron chi connectivity index (χ3n) is 4.20. The normalized spacial score (nSPS) is 20.7. The highest BCUT2D eigenvalue weighted by Gasteiger charge is 2.46. The fourth-order valence-electron chi connectivity index (χ4n) is 2.92. The number of rotatable bonds is 2. The van der Waals surface area contributed by atoms with Crippen LogP contribution in [0.3, 0.4) is 0 Å². The summed E-state index contributed by atoms with van der Waals surface area (Å²) in [5.41, 5.74) is 1.41. The van der Waals surface area contributed by atoms with Gasteiger partial charge in [0, 0.05) is 25.3 Å². The lowest BCUT2D eigenvalue weighted by molar-refractivity contribution is -0.140. The van der Waals surface area contributed by atoms with Crippen LogP contribution in [0.5, 0.6) is 0 Å². The van der Waals surface area contributed by atoms with Gasteiger partial charge in [-0.1, -0.05) is 19.3 Å². The summed E-state index contributed by atoms with van der Waals surface area (Å²) < 4.78 is 5.44. The molecular weight excluding hydrogens is 252 g/mol. The van der Waals surface area contributed by atoms with Crippen molar-refractivity contribution in [1.29, 1.82) is 0 Å². The minimum atomic E-state index is -0.589. The molecule has 3 rings (SSSR count). The molecule has 1 aromatic carbocycles. The van der Waals surface area contributed by atoms with Crippen molar-refractivity contribution in [2.45, 2.75) is 37.6 Å². The molecule has 0 N–H and O–H groups in total. The van der Waals surface area contributed by atoms with E-state index in [1.54, 1.807) is 0 Å². The van der Waals surface area contributed by atoms with E-state index in [4.69, 9.17) is 4.74 Å². The van der Waals surface area contributed by atoms with E-state index in [1.165, 1.54) is 6.42 Å². The standard InChI is InChI=1S/C16H20N2O2/c1-18(2)13-8-6-12(7-9-13)14-17-16(15(19)20-14)10-4-3-5-11-16/h6-9H,3-5,10-11H2,1-2H3. The van der Waals surface area contributed by atoms with Crippen molar-refractivity contribution in [1.82, 2.24) is 0 Å². The lowest BCUT2D eigenvalue weighted by Gasteiger charge is -2.25. The second-order valence-corrected chi connectivity index (χ2v) is 5.84. The topological polar surface area (TPSA) is 41.9 Å². The van der Waals surface area contributed by atoms with E-state index in [0.29, 0.717) is 5.90 Å². The minimum Gasteiger partial charge on any atom is -0.405 e. The van der Waals surface area contributed by atoms with Crippen LogP contribution in [0.15, 0.2) is 29.3 Å². The Labute approximate surface area is 119 Å². The number of hydrogen-bond donors (Lipinski definition) is 0. The van der Waals surface area contributed by atoms with E-state index in [2.05, 4.69) is 4.99 Å². The average Bonchev–Trinajstić information content (AvgIpc) is 2.77. The summed E-state index contributed by atoms with van der Waals surface area (Å²) >= 11 is 0. The second-order valence-electron chi connectivity index (χ2n) is 5.84. The summed E-state index contributed by atoms with van der Waals surface area (Å²) in [5.74, 6) is 0.325. The fourth-order valence-corrected chi connectivity index (χ4v) is 2.92. The third kappa shape index (κ3) is 2.19. The third-order valence-corrected chi connectivity index (χ3v) is 4.20. The van der Waals surface area contributed by atoms with Crippen LogP contribution in [0.25, 0.3) is 0 Å². The number of aliphatic imine (C=N–C) groups is 1. The summed E-state index contributed by atoms with van der Waals surface area (Å²) in [7, 11) is 4.00. The van der Waals surface area contributed by atoms with Crippen LogP contribution in [-0.2, 0) is 9.53 Å². The number of carbonyl (C=O) groups excluding carboxylic acids is 1. The number of nitrogens with zero attached hydrogens (tertiary/aromatic N) is 2. The molecule has 0 saturated heterocycles. The monoisotopic (exact) mass is 272 g/mol. The van der Waals surface area contributed by atoms with Gasteiger partial charge in [-0.3, -0.25) is 0 Å². The van der Waals surface area contributed by atoms with Crippen LogP contribution < -0.4 is 4.90 Å². The molecule has 106 valence electrons. The van der Waals surface area contributed by atoms with Gasteiger partial charge in [0.1, 0.15) is 0 Å². The SMILES string of the molecule is CN(C)c1ccc(C2=NC3(CCCCC3)C(=O)O2)cc1. The summed E-state index contributed by atoms with van der Waals surface area (Å²) in [4.78, 5) is 18.8. The molecule has 0 radical (unpaired) electrons. The Balaban J connectivity index is 1.87. The van der Waals surface area contributed by atoms with Crippen LogP contribution in [0.4, 0.5) is 5.69 Å². The highest BCUT2D eigenvalue weighted by Crippen LogP contribution is 2.37. The van der Waals surface area contributed by atoms with Gasteiger partial charge >= 0.3 is 5.97 Å². The Hall–Kier alpha value is -1.84. The van der Waals surface area contributed by atoms with Crippen LogP contribution in [0, 0.1) is 0 Å². The number of carbonyl (C=O) groups is 1. The van der Waals surface area contributed by atoms with Crippen LogP contribution in [0.2, 0.25) is 0 Å². The summed E-state index contributed by atoms with van der Waals surface area (Å²) in [6, 6.07) is 7.95. The van der Waals surface area contributed by atoms with E-state index in [-0.39, 0.29) is 5.97 Å². The van der Waals surface area contributed by atoms with Crippen molar-refractivity contribution in [3.63, 3.8) is 0 Å². The van der Waals surface area contributed by atoms with Crippen molar-refractivity contribution in [3.8, 4) is 0 Å². The maximum absolute atomic E-state index is 12.2. The minimum absolute atomic E-state index is 0.163. The molecule has 0 amide bonds. The molecule has 1 heterocycles. The number of ether oxygens (including phenoxy) is 1. The van der Waals surface area contributed by atoms with Crippen LogP contribution >= 0.6 is 0 Å². The van der Waals surface area contributed by atoms with Gasteiger partial charge in [-0.2, -0.15) is 0 Å². The summed E-state index contributed by atoms with van der Waals surface area (Å²) in [6.07, 6.45) is 4.96. The zero-order valence-corrected chi connectivity index (χ0v) is 12.1. The number of cyclic esters (lactones) is 1. The smallest absolute Gasteiger partial charge is 0.340 e. The van der Waals surface area contributed by atoms with Gasteiger partial charge < -0.3 is 9.64 Å². The van der Waals surface area contributed by atoms with Crippen molar-refractivity contribution in [3.05, 3.63) is 29.8 Å². The molecule has 1 spiro atoms. The van der Waals surface area contributed by atoms with E-state index in [1.807, 2.05) is 43.3 Å². The second kappa shape index (κ2) is 4.93. The molecule has 1 aromatic rings. The number of esters is 1. The zero-order valence-electron chi connectivity index (χ0n) is 12.1. The average molecular weight is 272 g/mol. The maximum Gasteiger partial charge on any atom is 0.340 e. The molecule has 20 heavy (non-hydrogen) atoms. The van der Waals surface area contributed by atoms with Gasteiger partial charge in [0.05, 0.1) is 0 Å². The number of hydrogen-bond acceptors (Lipinski definition) is 4. The maximum atomic E-state index is 12.2. The summed E-state index contributed by atoms with van der Waals surface area (Å²) in [6.45, 7) is 0. The Morgan fingerprint density at radius 3 is 2.35 bits per heavy atom. The lowest BCUT2D eigenvalue weighted by Crippen LogP contribution is -2.35. The molecule has 0 atom stereocenters. The zero-order chi connectivity index (χ0) is 14.2. The highest BCUT2D eigenvalue weighted by atomic mass is 16.6. The summed E-state index contributed by atoms with van der Waals surface area (Å²) in [5, 5.41) is 0. The first kappa shape index (κ1) is 13.2. The first-order valence-electron chi connectivity index (χ1n) is 7.21.